The van der Waals surface area contributed by atoms with Crippen molar-refractivity contribution >= 4 is 28.4 Å². The molecule has 32 heavy (non-hydrogen) atoms. The fraction of sp³-hybridized carbons (Fsp3) is 0.273. The third-order valence-corrected chi connectivity index (χ3v) is 5.36. The number of nitrogens with one attached hydrogen (secondary N) is 2. The quantitative estimate of drug-likeness (QED) is 0.494. The lowest BCUT2D eigenvalue weighted by Crippen LogP contribution is -2.38. The van der Waals surface area contributed by atoms with Gasteiger partial charge in [-0.3, -0.25) is 4.79 Å². The molecule has 1 saturated heterocycles. The summed E-state index contributed by atoms with van der Waals surface area (Å²) in [6.07, 6.45) is 2.47. The largest absolute Gasteiger partial charge is 0.434 e. The predicted molar refractivity (Wildman–Crippen MR) is 115 cm³/mol. The van der Waals surface area contributed by atoms with Crippen molar-refractivity contribution in [1.29, 1.82) is 0 Å². The lowest BCUT2D eigenvalue weighted by Gasteiger charge is -2.16. The molecule has 3 heterocycles. The van der Waals surface area contributed by atoms with E-state index in [1.165, 1.54) is 10.6 Å². The van der Waals surface area contributed by atoms with Crippen molar-refractivity contribution in [3.8, 4) is 17.1 Å². The summed E-state index contributed by atoms with van der Waals surface area (Å²) >= 11 is 0. The fourth-order valence-electron chi connectivity index (χ4n) is 3.85. The first-order chi connectivity index (χ1) is 15.6. The maximum Gasteiger partial charge on any atom is 0.387 e. The molecule has 0 saturated carbocycles. The normalized spacial score (nSPS) is 16.8. The summed E-state index contributed by atoms with van der Waals surface area (Å²) in [5, 5.41) is 11.4. The SMILES string of the molecule is O=C1NCCCC[C@H]1Nc1nc2ccccc2c2nc(-c3ccccc3OC(F)F)nn12. The highest BCUT2D eigenvalue weighted by atomic mass is 19.3. The summed E-state index contributed by atoms with van der Waals surface area (Å²) < 4.78 is 32.0. The molecule has 2 aromatic carbocycles. The van der Waals surface area contributed by atoms with Crippen LogP contribution in [0.1, 0.15) is 19.3 Å². The number of fused-ring (bicyclic) bond motifs is 3. The number of para-hydroxylation sites is 2. The molecule has 1 aliphatic heterocycles. The second-order valence-electron chi connectivity index (χ2n) is 7.48. The lowest BCUT2D eigenvalue weighted by atomic mass is 10.1. The molecular formula is C22H20F2N6O2. The van der Waals surface area contributed by atoms with Crippen LogP contribution in [0.15, 0.2) is 48.5 Å². The molecule has 1 aliphatic rings. The summed E-state index contributed by atoms with van der Waals surface area (Å²) in [6, 6.07) is 13.3. The van der Waals surface area contributed by atoms with Crippen LogP contribution in [0.25, 0.3) is 27.9 Å². The van der Waals surface area contributed by atoms with Crippen LogP contribution in [0.4, 0.5) is 14.7 Å². The Labute approximate surface area is 181 Å². The predicted octanol–water partition coefficient (Wildman–Crippen LogP) is 3.63. The van der Waals surface area contributed by atoms with E-state index in [0.717, 1.165) is 18.2 Å². The molecule has 2 N–H and O–H groups in total. The second-order valence-corrected chi connectivity index (χ2v) is 7.48. The Morgan fingerprint density at radius 2 is 1.91 bits per heavy atom. The maximum atomic E-state index is 12.9. The van der Waals surface area contributed by atoms with Gasteiger partial charge in [-0.05, 0) is 43.5 Å². The molecule has 5 rings (SSSR count). The van der Waals surface area contributed by atoms with Gasteiger partial charge in [-0.15, -0.1) is 5.10 Å². The zero-order valence-electron chi connectivity index (χ0n) is 17.0. The van der Waals surface area contributed by atoms with Crippen molar-refractivity contribution in [1.82, 2.24) is 24.9 Å². The highest BCUT2D eigenvalue weighted by Gasteiger charge is 2.24. The molecule has 2 aromatic heterocycles. The van der Waals surface area contributed by atoms with Crippen LogP contribution in [0.5, 0.6) is 5.75 Å². The zero-order chi connectivity index (χ0) is 22.1. The summed E-state index contributed by atoms with van der Waals surface area (Å²) in [5.74, 6) is 0.453. The number of rotatable bonds is 5. The highest BCUT2D eigenvalue weighted by Crippen LogP contribution is 2.31. The molecule has 1 amide bonds. The van der Waals surface area contributed by atoms with E-state index in [4.69, 9.17) is 0 Å². The van der Waals surface area contributed by atoms with Crippen LogP contribution in [-0.4, -0.2) is 44.7 Å². The second kappa shape index (κ2) is 8.37. The topological polar surface area (TPSA) is 93.4 Å². The standard InChI is InChI=1S/C22H20F2N6O2/c23-21(24)32-17-11-4-2-8-14(17)18-28-19-13-7-1-3-9-15(13)26-22(30(19)29-18)27-16-10-5-6-12-25-20(16)31/h1-4,7-9,11,16,21H,5-6,10,12H2,(H,25,31)(H,26,27)/t16-/m1/s1. The van der Waals surface area contributed by atoms with Gasteiger partial charge in [0.15, 0.2) is 11.5 Å². The third kappa shape index (κ3) is 3.79. The van der Waals surface area contributed by atoms with Crippen LogP contribution in [0.3, 0.4) is 0 Å². The van der Waals surface area contributed by atoms with Crippen molar-refractivity contribution < 1.29 is 18.3 Å². The number of benzene rings is 2. The molecular weight excluding hydrogens is 418 g/mol. The number of halogens is 2. The maximum absolute atomic E-state index is 12.9. The Balaban J connectivity index is 1.65. The van der Waals surface area contributed by atoms with Crippen molar-refractivity contribution in [2.75, 3.05) is 11.9 Å². The van der Waals surface area contributed by atoms with Crippen molar-refractivity contribution in [2.45, 2.75) is 31.9 Å². The van der Waals surface area contributed by atoms with E-state index in [9.17, 15) is 13.6 Å². The zero-order valence-corrected chi connectivity index (χ0v) is 17.0. The Hall–Kier alpha value is -3.82. The number of aromatic nitrogens is 4. The van der Waals surface area contributed by atoms with Gasteiger partial charge >= 0.3 is 6.61 Å². The number of nitrogens with zero attached hydrogens (tertiary/aromatic N) is 4. The molecule has 0 unspecified atom stereocenters. The van der Waals surface area contributed by atoms with E-state index in [-0.39, 0.29) is 17.5 Å². The number of carbonyl (C=O) groups is 1. The Morgan fingerprint density at radius 3 is 2.78 bits per heavy atom. The van der Waals surface area contributed by atoms with E-state index >= 15 is 0 Å². The molecule has 0 bridgehead atoms. The first-order valence-electron chi connectivity index (χ1n) is 10.3. The minimum Gasteiger partial charge on any atom is -0.434 e. The van der Waals surface area contributed by atoms with Gasteiger partial charge in [0.1, 0.15) is 11.8 Å². The summed E-state index contributed by atoms with van der Waals surface area (Å²) in [5.41, 5.74) is 1.50. The van der Waals surface area contributed by atoms with E-state index in [2.05, 4.69) is 30.4 Å². The van der Waals surface area contributed by atoms with Gasteiger partial charge in [-0.1, -0.05) is 24.3 Å². The van der Waals surface area contributed by atoms with Gasteiger partial charge in [-0.2, -0.15) is 13.3 Å². The third-order valence-electron chi connectivity index (χ3n) is 5.36. The van der Waals surface area contributed by atoms with E-state index < -0.39 is 12.7 Å². The van der Waals surface area contributed by atoms with Gasteiger partial charge < -0.3 is 15.4 Å². The highest BCUT2D eigenvalue weighted by molar-refractivity contribution is 5.93. The van der Waals surface area contributed by atoms with Crippen molar-refractivity contribution in [3.05, 3.63) is 48.5 Å². The fourth-order valence-corrected chi connectivity index (χ4v) is 3.85. The van der Waals surface area contributed by atoms with Gasteiger partial charge in [-0.25, -0.2) is 9.97 Å². The number of ether oxygens (including phenoxy) is 1. The number of anilines is 1. The monoisotopic (exact) mass is 438 g/mol. The number of hydrogen-bond donors (Lipinski definition) is 2. The average molecular weight is 438 g/mol. The number of carbonyl (C=O) groups excluding carboxylic acids is 1. The smallest absolute Gasteiger partial charge is 0.387 e. The first kappa shape index (κ1) is 20.1. The first-order valence-corrected chi connectivity index (χ1v) is 10.3. The van der Waals surface area contributed by atoms with Crippen LogP contribution in [0, 0.1) is 0 Å². The Kier molecular flexibility index (Phi) is 5.26. The molecule has 10 heteroatoms. The lowest BCUT2D eigenvalue weighted by molar-refractivity contribution is -0.121. The molecule has 0 aliphatic carbocycles. The van der Waals surface area contributed by atoms with E-state index in [1.54, 1.807) is 18.2 Å². The molecule has 0 spiro atoms. The molecule has 4 aromatic rings. The van der Waals surface area contributed by atoms with Gasteiger partial charge in [0, 0.05) is 11.9 Å². The Morgan fingerprint density at radius 1 is 1.09 bits per heavy atom. The number of amides is 1. The van der Waals surface area contributed by atoms with Crippen LogP contribution < -0.4 is 15.4 Å². The van der Waals surface area contributed by atoms with E-state index in [1.807, 2.05) is 24.3 Å². The molecule has 0 radical (unpaired) electrons. The Bertz CT molecular complexity index is 1290. The molecule has 1 atom stereocenters. The molecule has 164 valence electrons. The summed E-state index contributed by atoms with van der Waals surface area (Å²) in [6.45, 7) is -2.33. The minimum atomic E-state index is -2.97. The summed E-state index contributed by atoms with van der Waals surface area (Å²) in [7, 11) is 0. The number of hydrogen-bond acceptors (Lipinski definition) is 6. The number of alkyl halides is 2. The van der Waals surface area contributed by atoms with Gasteiger partial charge in [0.05, 0.1) is 11.1 Å². The van der Waals surface area contributed by atoms with E-state index in [0.29, 0.717) is 35.6 Å². The molecule has 8 nitrogen and oxygen atoms in total. The van der Waals surface area contributed by atoms with Gasteiger partial charge in [0.25, 0.3) is 0 Å². The van der Waals surface area contributed by atoms with Crippen LogP contribution in [0.2, 0.25) is 0 Å². The molecule has 1 fully saturated rings. The van der Waals surface area contributed by atoms with Crippen molar-refractivity contribution in [3.63, 3.8) is 0 Å². The summed E-state index contributed by atoms with van der Waals surface area (Å²) in [4.78, 5) is 21.7. The minimum absolute atomic E-state index is 0.0201. The van der Waals surface area contributed by atoms with Gasteiger partial charge in [0.2, 0.25) is 11.9 Å². The van der Waals surface area contributed by atoms with Crippen LogP contribution in [-0.2, 0) is 4.79 Å². The van der Waals surface area contributed by atoms with Crippen molar-refractivity contribution in [2.24, 2.45) is 0 Å². The van der Waals surface area contributed by atoms with Crippen LogP contribution >= 0.6 is 0 Å². The average Bonchev–Trinajstić information content (AvgIpc) is 3.14.